The maximum Gasteiger partial charge on any atom is 0.248 e. The van der Waals surface area contributed by atoms with Gasteiger partial charge in [0.05, 0.1) is 0 Å². The van der Waals surface area contributed by atoms with Gasteiger partial charge in [-0.05, 0) is 51.6 Å². The van der Waals surface area contributed by atoms with Crippen molar-refractivity contribution in [2.75, 3.05) is 43.4 Å². The molecule has 4 nitrogen and oxygen atoms in total. The number of anilines is 2. The predicted molar refractivity (Wildman–Crippen MR) is 88.9 cm³/mol. The quantitative estimate of drug-likeness (QED) is 0.868. The molecule has 0 aliphatic carbocycles. The molecule has 0 bridgehead atoms. The number of benzene rings is 1. The van der Waals surface area contributed by atoms with E-state index < -0.39 is 0 Å². The van der Waals surface area contributed by atoms with Gasteiger partial charge in [0.25, 0.3) is 0 Å². The average molecular weight is 287 g/mol. The minimum Gasteiger partial charge on any atom is -0.369 e. The van der Waals surface area contributed by atoms with Gasteiger partial charge in [0.15, 0.2) is 0 Å². The molecule has 4 heteroatoms. The molecule has 1 N–H and O–H groups in total. The molecule has 21 heavy (non-hydrogen) atoms. The van der Waals surface area contributed by atoms with Crippen LogP contribution in [-0.4, -0.2) is 44.0 Å². The number of likely N-dealkylation sites (N-methyl/N-ethyl adjacent to an activating group) is 1. The van der Waals surface area contributed by atoms with Gasteiger partial charge in [-0.15, -0.1) is 0 Å². The lowest BCUT2D eigenvalue weighted by atomic mass is 10.1. The van der Waals surface area contributed by atoms with Crippen LogP contribution in [0.4, 0.5) is 11.4 Å². The fraction of sp³-hybridized carbons (Fsp3) is 0.471. The van der Waals surface area contributed by atoms with Gasteiger partial charge in [0, 0.05) is 43.6 Å². The molecule has 0 radical (unpaired) electrons. The number of carbonyl (C=O) groups excluding carboxylic acids is 1. The van der Waals surface area contributed by atoms with E-state index in [0.29, 0.717) is 0 Å². The minimum atomic E-state index is -0.0678. The Morgan fingerprint density at radius 2 is 1.86 bits per heavy atom. The first-order valence-corrected chi connectivity index (χ1v) is 7.46. The van der Waals surface area contributed by atoms with Crippen LogP contribution in [-0.2, 0) is 4.79 Å². The zero-order chi connectivity index (χ0) is 15.4. The largest absolute Gasteiger partial charge is 0.369 e. The summed E-state index contributed by atoms with van der Waals surface area (Å²) in [5.74, 6) is -0.0678. The number of piperazine rings is 1. The highest BCUT2D eigenvalue weighted by Gasteiger charge is 2.16. The number of nitrogens with one attached hydrogen (secondary N) is 1. The molecule has 0 saturated carbocycles. The maximum atomic E-state index is 11.8. The van der Waals surface area contributed by atoms with Crippen molar-refractivity contribution < 1.29 is 4.79 Å². The van der Waals surface area contributed by atoms with Crippen molar-refractivity contribution in [3.05, 3.63) is 35.4 Å². The lowest BCUT2D eigenvalue weighted by Crippen LogP contribution is -2.44. The molecule has 0 aromatic heterocycles. The Hall–Kier alpha value is -1.81. The summed E-state index contributed by atoms with van der Waals surface area (Å²) in [5.41, 5.74) is 4.32. The van der Waals surface area contributed by atoms with E-state index in [9.17, 15) is 4.79 Å². The minimum absolute atomic E-state index is 0.0678. The van der Waals surface area contributed by atoms with E-state index in [1.807, 2.05) is 26.0 Å². The van der Waals surface area contributed by atoms with Gasteiger partial charge in [-0.25, -0.2) is 0 Å². The topological polar surface area (TPSA) is 35.6 Å². The van der Waals surface area contributed by atoms with E-state index in [1.165, 1.54) is 11.3 Å². The standard InChI is InChI=1S/C17H25N3O/c1-13(2)11-17(21)18-15-5-6-16(14(3)12-15)20-9-7-19(4)8-10-20/h5-6,11-12H,7-10H2,1-4H3,(H,18,21). The number of carbonyl (C=O) groups is 1. The van der Waals surface area contributed by atoms with Gasteiger partial charge >= 0.3 is 0 Å². The van der Waals surface area contributed by atoms with Gasteiger partial charge in [-0.1, -0.05) is 5.57 Å². The molecule has 1 aromatic carbocycles. The molecule has 114 valence electrons. The van der Waals surface area contributed by atoms with Crippen LogP contribution in [0.15, 0.2) is 29.8 Å². The summed E-state index contributed by atoms with van der Waals surface area (Å²) in [4.78, 5) is 16.5. The zero-order valence-electron chi connectivity index (χ0n) is 13.4. The second-order valence-corrected chi connectivity index (χ2v) is 6.00. The fourth-order valence-electron chi connectivity index (χ4n) is 2.58. The Bertz CT molecular complexity index is 539. The SMILES string of the molecule is CC(C)=CC(=O)Nc1ccc(N2CCN(C)CC2)c(C)c1. The highest BCUT2D eigenvalue weighted by molar-refractivity contribution is 5.99. The molecule has 0 spiro atoms. The van der Waals surface area contributed by atoms with Gasteiger partial charge < -0.3 is 15.1 Å². The monoisotopic (exact) mass is 287 g/mol. The molecule has 1 amide bonds. The van der Waals surface area contributed by atoms with Crippen LogP contribution in [0.25, 0.3) is 0 Å². The first-order chi connectivity index (χ1) is 9.95. The summed E-state index contributed by atoms with van der Waals surface area (Å²) >= 11 is 0. The van der Waals surface area contributed by atoms with Crippen LogP contribution in [0.3, 0.4) is 0 Å². The number of aryl methyl sites for hydroxylation is 1. The van der Waals surface area contributed by atoms with Gasteiger partial charge in [0.1, 0.15) is 0 Å². The Balaban J connectivity index is 2.07. The summed E-state index contributed by atoms with van der Waals surface area (Å²) in [5, 5.41) is 2.91. The van der Waals surface area contributed by atoms with Crippen molar-refractivity contribution in [2.45, 2.75) is 20.8 Å². The third-order valence-electron chi connectivity index (χ3n) is 3.73. The van der Waals surface area contributed by atoms with E-state index in [-0.39, 0.29) is 5.91 Å². The summed E-state index contributed by atoms with van der Waals surface area (Å²) in [6.45, 7) is 10.2. The molecule has 0 atom stereocenters. The number of amides is 1. The molecule has 1 fully saturated rings. The molecule has 1 aliphatic heterocycles. The summed E-state index contributed by atoms with van der Waals surface area (Å²) in [6, 6.07) is 6.14. The van der Waals surface area contributed by atoms with Gasteiger partial charge in [-0.2, -0.15) is 0 Å². The van der Waals surface area contributed by atoms with Crippen LogP contribution in [0.5, 0.6) is 0 Å². The van der Waals surface area contributed by atoms with Crippen molar-refractivity contribution in [3.8, 4) is 0 Å². The summed E-state index contributed by atoms with van der Waals surface area (Å²) in [7, 11) is 2.16. The van der Waals surface area contributed by atoms with Crippen LogP contribution < -0.4 is 10.2 Å². The average Bonchev–Trinajstić information content (AvgIpc) is 2.39. The molecule has 1 aromatic rings. The molecule has 2 rings (SSSR count). The molecular formula is C17H25N3O. The van der Waals surface area contributed by atoms with E-state index in [4.69, 9.17) is 0 Å². The zero-order valence-corrected chi connectivity index (χ0v) is 13.4. The van der Waals surface area contributed by atoms with Crippen molar-refractivity contribution in [3.63, 3.8) is 0 Å². The van der Waals surface area contributed by atoms with Crippen molar-refractivity contribution in [1.29, 1.82) is 0 Å². The van der Waals surface area contributed by atoms with E-state index in [2.05, 4.69) is 35.2 Å². The molecule has 1 aliphatic rings. The van der Waals surface area contributed by atoms with Crippen LogP contribution in [0.1, 0.15) is 19.4 Å². The van der Waals surface area contributed by atoms with E-state index >= 15 is 0 Å². The second-order valence-electron chi connectivity index (χ2n) is 6.00. The van der Waals surface area contributed by atoms with Crippen molar-refractivity contribution in [2.24, 2.45) is 0 Å². The normalized spacial score (nSPS) is 15.7. The Morgan fingerprint density at radius 1 is 1.19 bits per heavy atom. The van der Waals surface area contributed by atoms with E-state index in [0.717, 1.165) is 37.4 Å². The maximum absolute atomic E-state index is 11.8. The van der Waals surface area contributed by atoms with Gasteiger partial charge in [-0.3, -0.25) is 4.79 Å². The number of hydrogen-bond acceptors (Lipinski definition) is 3. The lowest BCUT2D eigenvalue weighted by Gasteiger charge is -2.35. The molecule has 1 saturated heterocycles. The van der Waals surface area contributed by atoms with E-state index in [1.54, 1.807) is 6.08 Å². The third kappa shape index (κ3) is 4.33. The van der Waals surface area contributed by atoms with Crippen LogP contribution in [0, 0.1) is 6.92 Å². The second kappa shape index (κ2) is 6.76. The first-order valence-electron chi connectivity index (χ1n) is 7.46. The molecular weight excluding hydrogens is 262 g/mol. The Morgan fingerprint density at radius 3 is 2.43 bits per heavy atom. The summed E-state index contributed by atoms with van der Waals surface area (Å²) in [6.07, 6.45) is 1.61. The highest BCUT2D eigenvalue weighted by Crippen LogP contribution is 2.24. The summed E-state index contributed by atoms with van der Waals surface area (Å²) < 4.78 is 0. The lowest BCUT2D eigenvalue weighted by molar-refractivity contribution is -0.111. The van der Waals surface area contributed by atoms with Crippen molar-refractivity contribution >= 4 is 17.3 Å². The fourth-order valence-corrected chi connectivity index (χ4v) is 2.58. The number of nitrogens with zero attached hydrogens (tertiary/aromatic N) is 2. The number of hydrogen-bond donors (Lipinski definition) is 1. The number of allylic oxidation sites excluding steroid dienone is 1. The Labute approximate surface area is 127 Å². The van der Waals surface area contributed by atoms with Crippen molar-refractivity contribution in [1.82, 2.24) is 4.90 Å². The van der Waals surface area contributed by atoms with Crippen LogP contribution >= 0.6 is 0 Å². The Kier molecular flexibility index (Phi) is 5.02. The third-order valence-corrected chi connectivity index (χ3v) is 3.73. The first kappa shape index (κ1) is 15.6. The van der Waals surface area contributed by atoms with Crippen LogP contribution in [0.2, 0.25) is 0 Å². The number of rotatable bonds is 3. The smallest absolute Gasteiger partial charge is 0.248 e. The molecule has 1 heterocycles. The predicted octanol–water partition coefficient (Wildman–Crippen LogP) is 2.65. The van der Waals surface area contributed by atoms with Gasteiger partial charge in [0.2, 0.25) is 5.91 Å². The molecule has 0 unspecified atom stereocenters. The highest BCUT2D eigenvalue weighted by atomic mass is 16.1.